The minimum Gasteiger partial charge on any atom is -0.665 e. The van der Waals surface area contributed by atoms with E-state index < -0.39 is 0 Å². The van der Waals surface area contributed by atoms with Crippen LogP contribution >= 0.6 is 0 Å². The summed E-state index contributed by atoms with van der Waals surface area (Å²) in [7, 11) is 4.10. The molecule has 0 aliphatic rings. The first-order chi connectivity index (χ1) is 7.10. The van der Waals surface area contributed by atoms with Crippen LogP contribution in [0.3, 0.4) is 0 Å². The molecule has 1 radical (unpaired) electrons. The number of benzene rings is 1. The van der Waals surface area contributed by atoms with Crippen molar-refractivity contribution in [2.24, 2.45) is 0 Å². The van der Waals surface area contributed by atoms with E-state index in [4.69, 9.17) is 9.90 Å². The van der Waals surface area contributed by atoms with Gasteiger partial charge in [0.25, 0.3) is 0 Å². The summed E-state index contributed by atoms with van der Waals surface area (Å²) in [6, 6.07) is 8.66. The third-order valence-corrected chi connectivity index (χ3v) is 1.81. The molecule has 0 saturated carbocycles. The smallest absolute Gasteiger partial charge is 0 e. The summed E-state index contributed by atoms with van der Waals surface area (Å²) in [5.41, 5.74) is 2.69. The van der Waals surface area contributed by atoms with Gasteiger partial charge in [-0.15, -0.1) is 6.42 Å². The van der Waals surface area contributed by atoms with Gasteiger partial charge in [-0.25, -0.2) is 0 Å². The van der Waals surface area contributed by atoms with Crippen molar-refractivity contribution < 1.29 is 42.6 Å². The Balaban J connectivity index is 0. The fraction of sp³-hybridized carbons (Fsp3) is 0.333. The Hall–Kier alpha value is -0.246. The van der Waals surface area contributed by atoms with Crippen molar-refractivity contribution >= 4 is 6.47 Å². The van der Waals surface area contributed by atoms with Gasteiger partial charge in [0.1, 0.15) is 0 Å². The Bertz CT molecular complexity index is 273. The maximum absolute atomic E-state index is 8.24. The third kappa shape index (κ3) is 10.3. The summed E-state index contributed by atoms with van der Waals surface area (Å²) in [6.45, 7) is 4.78. The van der Waals surface area contributed by atoms with Crippen LogP contribution in [0.4, 0.5) is 0 Å². The minimum absolute atomic E-state index is 0. The number of likely N-dealkylation sites (N-methyl/N-ethyl adjacent to an activating group) is 1. The van der Waals surface area contributed by atoms with Crippen LogP contribution in [0.15, 0.2) is 24.3 Å². The molecule has 0 heterocycles. The van der Waals surface area contributed by atoms with Crippen LogP contribution in [0.5, 0.6) is 0 Å². The molecule has 0 saturated heterocycles. The molecular formula is C12H17NO2Y-2. The molecule has 1 aromatic carbocycles. The number of nitrogens with zero attached hydrogens (tertiary/aromatic N) is 1. The van der Waals surface area contributed by atoms with E-state index in [1.807, 2.05) is 14.1 Å². The zero-order valence-corrected chi connectivity index (χ0v) is 12.8. The molecule has 0 aliphatic carbocycles. The van der Waals surface area contributed by atoms with E-state index in [0.29, 0.717) is 6.47 Å². The second-order valence-electron chi connectivity index (χ2n) is 3.43. The first-order valence-corrected chi connectivity index (χ1v) is 4.66. The normalized spacial score (nSPS) is 8.75. The molecule has 87 valence electrons. The Morgan fingerprint density at radius 3 is 2.12 bits per heavy atom. The molecule has 1 N–H and O–H groups in total. The summed E-state index contributed by atoms with van der Waals surface area (Å²) < 4.78 is 0. The molecule has 0 fully saturated rings. The summed E-state index contributed by atoms with van der Waals surface area (Å²) >= 11 is 0. The topological polar surface area (TPSA) is 40.5 Å². The van der Waals surface area contributed by atoms with Crippen molar-refractivity contribution in [3.8, 4) is 0 Å². The van der Waals surface area contributed by atoms with Crippen molar-refractivity contribution in [2.45, 2.75) is 13.3 Å². The van der Waals surface area contributed by atoms with Crippen LogP contribution in [-0.4, -0.2) is 30.6 Å². The second kappa shape index (κ2) is 11.2. The van der Waals surface area contributed by atoms with Crippen molar-refractivity contribution in [3.05, 3.63) is 41.9 Å². The molecule has 3 nitrogen and oxygen atoms in total. The Morgan fingerprint density at radius 1 is 1.31 bits per heavy atom. The van der Waals surface area contributed by atoms with Gasteiger partial charge in [-0.05, 0) is 21.0 Å². The van der Waals surface area contributed by atoms with Gasteiger partial charge in [-0.2, -0.15) is 0 Å². The Labute approximate surface area is 123 Å². The van der Waals surface area contributed by atoms with Crippen LogP contribution in [0.2, 0.25) is 0 Å². The number of hydrogen-bond acceptors (Lipinski definition) is 2. The zero-order chi connectivity index (χ0) is 11.7. The molecule has 0 bridgehead atoms. The van der Waals surface area contributed by atoms with Crippen molar-refractivity contribution in [3.63, 3.8) is 0 Å². The molecule has 0 spiro atoms. The van der Waals surface area contributed by atoms with E-state index in [1.165, 1.54) is 11.1 Å². The zero-order valence-electron chi connectivity index (χ0n) is 9.97. The summed E-state index contributed by atoms with van der Waals surface area (Å²) in [6.07, 6.45) is 1.02. The maximum Gasteiger partial charge on any atom is 0 e. The fourth-order valence-electron chi connectivity index (χ4n) is 1.01. The molecule has 16 heavy (non-hydrogen) atoms. The second-order valence-corrected chi connectivity index (χ2v) is 3.43. The van der Waals surface area contributed by atoms with E-state index in [0.717, 1.165) is 6.42 Å². The van der Waals surface area contributed by atoms with Crippen LogP contribution in [0.1, 0.15) is 11.1 Å². The molecule has 1 aromatic rings. The molecule has 0 aromatic heterocycles. The Kier molecular flexibility index (Phi) is 12.7. The summed E-state index contributed by atoms with van der Waals surface area (Å²) in [5, 5.41) is 6.76. The van der Waals surface area contributed by atoms with E-state index in [-0.39, 0.29) is 32.7 Å². The quantitative estimate of drug-likeness (QED) is 0.866. The third-order valence-electron chi connectivity index (χ3n) is 1.81. The minimum atomic E-state index is 0. The van der Waals surface area contributed by atoms with Crippen molar-refractivity contribution in [2.75, 3.05) is 14.1 Å². The Morgan fingerprint density at radius 2 is 1.75 bits per heavy atom. The van der Waals surface area contributed by atoms with Gasteiger partial charge in [-0.1, -0.05) is 41.9 Å². The van der Waals surface area contributed by atoms with E-state index in [1.54, 1.807) is 0 Å². The molecule has 0 unspecified atom stereocenters. The van der Waals surface area contributed by atoms with Gasteiger partial charge >= 0.3 is 0 Å². The molecule has 0 amide bonds. The van der Waals surface area contributed by atoms with Crippen molar-refractivity contribution in [1.29, 1.82) is 0 Å². The van der Waals surface area contributed by atoms with Gasteiger partial charge in [0.15, 0.2) is 0 Å². The molecule has 0 aliphatic heterocycles. The summed E-state index contributed by atoms with van der Waals surface area (Å²) in [5.74, 6) is 0. The van der Waals surface area contributed by atoms with Crippen LogP contribution in [-0.2, 0) is 43.9 Å². The average molecular weight is 296 g/mol. The van der Waals surface area contributed by atoms with Gasteiger partial charge in [0.2, 0.25) is 0 Å². The average Bonchev–Trinajstić information content (AvgIpc) is 2.18. The van der Waals surface area contributed by atoms with Gasteiger partial charge in [0, 0.05) is 32.7 Å². The standard InChI is InChI=1S/C11H16N.CHO2.Y/c1-10-4-6-11(7-5-10)8-9-12(2)3;2-1-3;/h4-7,9H,8H2,1-3H3;(H,2,3);/q2*-1;. The molecule has 4 heteroatoms. The number of aliphatic hydroxyl groups excluding tert-OH is 1. The number of aryl methyl sites for hydroxylation is 1. The number of hydrogen-bond donors (Lipinski definition) is 1. The summed E-state index contributed by atoms with van der Waals surface area (Å²) in [4.78, 5) is 10.3. The molecular weight excluding hydrogens is 279 g/mol. The van der Waals surface area contributed by atoms with Crippen molar-refractivity contribution in [1.82, 2.24) is 4.90 Å². The van der Waals surface area contributed by atoms with Crippen LogP contribution < -0.4 is 0 Å². The number of rotatable bonds is 3. The van der Waals surface area contributed by atoms with E-state index >= 15 is 0 Å². The van der Waals surface area contributed by atoms with E-state index in [2.05, 4.69) is 42.6 Å². The van der Waals surface area contributed by atoms with Gasteiger partial charge in [-0.3, -0.25) is 6.54 Å². The van der Waals surface area contributed by atoms with Gasteiger partial charge < -0.3 is 14.8 Å². The predicted molar refractivity (Wildman–Crippen MR) is 61.2 cm³/mol. The molecule has 1 rings (SSSR count). The van der Waals surface area contributed by atoms with Crippen LogP contribution in [0, 0.1) is 13.5 Å². The first-order valence-electron chi connectivity index (χ1n) is 4.66. The maximum atomic E-state index is 8.24. The first kappa shape index (κ1) is 18.1. The van der Waals surface area contributed by atoms with Crippen LogP contribution in [0.25, 0.3) is 0 Å². The fourth-order valence-corrected chi connectivity index (χ4v) is 1.01. The van der Waals surface area contributed by atoms with Gasteiger partial charge in [0.05, 0.1) is 0 Å². The SMILES string of the molecule is Cc1ccc(C[CH-]N(C)C)cc1.O=[C-]O.[Y]. The predicted octanol–water partition coefficient (Wildman–Crippen LogP) is 1.87. The molecule has 0 atom stereocenters. The monoisotopic (exact) mass is 296 g/mol. The van der Waals surface area contributed by atoms with E-state index in [9.17, 15) is 0 Å². The largest absolute Gasteiger partial charge is 0.665 e.